The summed E-state index contributed by atoms with van der Waals surface area (Å²) in [6, 6.07) is 14.7. The van der Waals surface area contributed by atoms with E-state index in [1.807, 2.05) is 6.07 Å². The third-order valence-electron chi connectivity index (χ3n) is 2.88. The van der Waals surface area contributed by atoms with Gasteiger partial charge in [0, 0.05) is 17.8 Å². The Morgan fingerprint density at radius 2 is 1.89 bits per heavy atom. The molecule has 3 aromatic rings. The molecule has 0 aliphatic carbocycles. The molecule has 0 fully saturated rings. The summed E-state index contributed by atoms with van der Waals surface area (Å²) < 4.78 is 0. The van der Waals surface area contributed by atoms with Crippen molar-refractivity contribution in [2.75, 3.05) is 0 Å². The van der Waals surface area contributed by atoms with Crippen LogP contribution in [-0.4, -0.2) is 4.98 Å². The number of aromatic nitrogens is 1. The Labute approximate surface area is 120 Å². The van der Waals surface area contributed by atoms with Gasteiger partial charge in [0.05, 0.1) is 10.6 Å². The Morgan fingerprint density at radius 1 is 1.05 bits per heavy atom. The molecule has 0 saturated heterocycles. The smallest absolute Gasteiger partial charge is 0.107 e. The summed E-state index contributed by atoms with van der Waals surface area (Å²) in [6.07, 6.45) is 0.922. The van der Waals surface area contributed by atoms with Gasteiger partial charge in [-0.1, -0.05) is 36.4 Å². The summed E-state index contributed by atoms with van der Waals surface area (Å²) in [6.45, 7) is 0.512. The molecule has 2 nitrogen and oxygen atoms in total. The minimum absolute atomic E-state index is 0.512. The molecule has 0 bridgehead atoms. The summed E-state index contributed by atoms with van der Waals surface area (Å²) in [7, 11) is 0. The van der Waals surface area contributed by atoms with Gasteiger partial charge >= 0.3 is 0 Å². The van der Waals surface area contributed by atoms with Gasteiger partial charge in [-0.15, -0.1) is 22.7 Å². The van der Waals surface area contributed by atoms with Crippen LogP contribution in [0.5, 0.6) is 0 Å². The first-order valence-electron chi connectivity index (χ1n) is 6.13. The number of thiophene rings is 1. The number of hydrogen-bond donors (Lipinski definition) is 1. The molecule has 1 aromatic carbocycles. The first-order chi connectivity index (χ1) is 9.36. The molecule has 4 heteroatoms. The molecule has 2 heterocycles. The Bertz CT molecular complexity index is 642. The van der Waals surface area contributed by atoms with Crippen molar-refractivity contribution in [3.8, 4) is 10.6 Å². The fourth-order valence-electron chi connectivity index (χ4n) is 1.99. The standard InChI is InChI=1S/C15H14N2S2/c16-10-14-17-15(12-7-4-8-18-12)13(19-14)9-11-5-2-1-3-6-11/h1-8H,9-10,16H2. The highest BCUT2D eigenvalue weighted by Gasteiger charge is 2.13. The lowest BCUT2D eigenvalue weighted by Gasteiger charge is -2.00. The van der Waals surface area contributed by atoms with E-state index < -0.39 is 0 Å². The van der Waals surface area contributed by atoms with Crippen LogP contribution in [0.1, 0.15) is 15.4 Å². The molecule has 0 amide bonds. The molecular weight excluding hydrogens is 272 g/mol. The molecule has 2 N–H and O–H groups in total. The largest absolute Gasteiger partial charge is 0.325 e. The van der Waals surface area contributed by atoms with Crippen LogP contribution in [0.25, 0.3) is 10.6 Å². The average molecular weight is 286 g/mol. The highest BCUT2D eigenvalue weighted by Crippen LogP contribution is 2.32. The van der Waals surface area contributed by atoms with Crippen LogP contribution >= 0.6 is 22.7 Å². The minimum atomic E-state index is 0.512. The van der Waals surface area contributed by atoms with Crippen LogP contribution in [0.3, 0.4) is 0 Å². The van der Waals surface area contributed by atoms with Gasteiger partial charge in [-0.25, -0.2) is 4.98 Å². The Kier molecular flexibility index (Phi) is 3.73. The molecule has 0 aliphatic rings. The molecule has 0 radical (unpaired) electrons. The van der Waals surface area contributed by atoms with Crippen molar-refractivity contribution in [3.05, 3.63) is 63.3 Å². The van der Waals surface area contributed by atoms with Crippen molar-refractivity contribution in [1.82, 2.24) is 4.98 Å². The second-order valence-corrected chi connectivity index (χ2v) is 6.34. The number of benzene rings is 1. The number of nitrogens with zero attached hydrogens (tertiary/aromatic N) is 1. The molecular formula is C15H14N2S2. The fraction of sp³-hybridized carbons (Fsp3) is 0.133. The van der Waals surface area contributed by atoms with Crippen molar-refractivity contribution in [2.24, 2.45) is 5.73 Å². The maximum atomic E-state index is 5.73. The maximum absolute atomic E-state index is 5.73. The van der Waals surface area contributed by atoms with E-state index in [4.69, 9.17) is 5.73 Å². The van der Waals surface area contributed by atoms with Crippen molar-refractivity contribution < 1.29 is 0 Å². The van der Waals surface area contributed by atoms with E-state index in [2.05, 4.69) is 46.8 Å². The van der Waals surface area contributed by atoms with Gasteiger partial charge in [0.1, 0.15) is 5.01 Å². The number of nitrogens with two attached hydrogens (primary N) is 1. The quantitative estimate of drug-likeness (QED) is 0.789. The van der Waals surface area contributed by atoms with E-state index in [1.165, 1.54) is 15.3 Å². The van der Waals surface area contributed by atoms with Crippen LogP contribution in [0.4, 0.5) is 0 Å². The van der Waals surface area contributed by atoms with Gasteiger partial charge in [0.15, 0.2) is 0 Å². The van der Waals surface area contributed by atoms with E-state index in [0.29, 0.717) is 6.54 Å². The summed E-state index contributed by atoms with van der Waals surface area (Å²) in [4.78, 5) is 7.20. The molecule has 0 saturated carbocycles. The Hall–Kier alpha value is -1.49. The zero-order valence-electron chi connectivity index (χ0n) is 10.4. The summed E-state index contributed by atoms with van der Waals surface area (Å²) >= 11 is 3.45. The second-order valence-electron chi connectivity index (χ2n) is 4.22. The molecule has 96 valence electrons. The van der Waals surface area contributed by atoms with Crippen LogP contribution in [0.15, 0.2) is 47.8 Å². The highest BCUT2D eigenvalue weighted by molar-refractivity contribution is 7.15. The van der Waals surface area contributed by atoms with E-state index in [1.54, 1.807) is 22.7 Å². The summed E-state index contributed by atoms with van der Waals surface area (Å²) in [5, 5.41) is 3.10. The van der Waals surface area contributed by atoms with Crippen LogP contribution in [-0.2, 0) is 13.0 Å². The lowest BCUT2D eigenvalue weighted by atomic mass is 10.1. The van der Waals surface area contributed by atoms with Crippen molar-refractivity contribution in [3.63, 3.8) is 0 Å². The predicted octanol–water partition coefficient (Wildman–Crippen LogP) is 3.92. The number of hydrogen-bond acceptors (Lipinski definition) is 4. The van der Waals surface area contributed by atoms with Gasteiger partial charge in [-0.2, -0.15) is 0 Å². The lowest BCUT2D eigenvalue weighted by molar-refractivity contribution is 1.04. The Balaban J connectivity index is 1.98. The van der Waals surface area contributed by atoms with Crippen molar-refractivity contribution in [1.29, 1.82) is 0 Å². The number of thiazole rings is 1. The van der Waals surface area contributed by atoms with Crippen LogP contribution in [0.2, 0.25) is 0 Å². The molecule has 0 aliphatic heterocycles. The van der Waals surface area contributed by atoms with Crippen LogP contribution in [0, 0.1) is 0 Å². The van der Waals surface area contributed by atoms with Gasteiger partial charge in [0.2, 0.25) is 0 Å². The van der Waals surface area contributed by atoms with E-state index in [-0.39, 0.29) is 0 Å². The first kappa shape index (κ1) is 12.5. The van der Waals surface area contributed by atoms with Gasteiger partial charge in [0.25, 0.3) is 0 Å². The SMILES string of the molecule is NCc1nc(-c2cccs2)c(Cc2ccccc2)s1. The Morgan fingerprint density at radius 3 is 2.58 bits per heavy atom. The lowest BCUT2D eigenvalue weighted by Crippen LogP contribution is -1.94. The van der Waals surface area contributed by atoms with Gasteiger partial charge in [-0.3, -0.25) is 0 Å². The number of rotatable bonds is 4. The first-order valence-corrected chi connectivity index (χ1v) is 7.83. The third-order valence-corrected chi connectivity index (χ3v) is 4.83. The minimum Gasteiger partial charge on any atom is -0.325 e. The summed E-state index contributed by atoms with van der Waals surface area (Å²) in [5.41, 5.74) is 8.14. The summed E-state index contributed by atoms with van der Waals surface area (Å²) in [5.74, 6) is 0. The van der Waals surface area contributed by atoms with E-state index in [0.717, 1.165) is 17.1 Å². The van der Waals surface area contributed by atoms with E-state index in [9.17, 15) is 0 Å². The second kappa shape index (κ2) is 5.65. The fourth-order valence-corrected chi connectivity index (χ4v) is 3.80. The van der Waals surface area contributed by atoms with Gasteiger partial charge in [-0.05, 0) is 17.0 Å². The monoisotopic (exact) mass is 286 g/mol. The molecule has 0 atom stereocenters. The molecule has 19 heavy (non-hydrogen) atoms. The van der Waals surface area contributed by atoms with E-state index >= 15 is 0 Å². The zero-order valence-corrected chi connectivity index (χ0v) is 12.0. The molecule has 3 rings (SSSR count). The van der Waals surface area contributed by atoms with Gasteiger partial charge < -0.3 is 5.73 Å². The maximum Gasteiger partial charge on any atom is 0.107 e. The third kappa shape index (κ3) is 2.76. The highest BCUT2D eigenvalue weighted by atomic mass is 32.1. The topological polar surface area (TPSA) is 38.9 Å². The van der Waals surface area contributed by atoms with Crippen LogP contribution < -0.4 is 5.73 Å². The molecule has 2 aromatic heterocycles. The normalized spacial score (nSPS) is 10.8. The van der Waals surface area contributed by atoms with Crippen molar-refractivity contribution in [2.45, 2.75) is 13.0 Å². The molecule has 0 unspecified atom stereocenters. The van der Waals surface area contributed by atoms with Crippen molar-refractivity contribution >= 4 is 22.7 Å². The molecule has 0 spiro atoms. The predicted molar refractivity (Wildman–Crippen MR) is 82.6 cm³/mol. The average Bonchev–Trinajstić information content (AvgIpc) is 3.08. The zero-order chi connectivity index (χ0) is 13.1.